The van der Waals surface area contributed by atoms with E-state index in [1.807, 2.05) is 5.32 Å². The SMILES string of the molecule is NC(=O)CC[C@H](NC(=O)CNC(=O)[C@H](Cc1ccc(O)cc1)NC(=O)[C@@H](N)CO)C(=O)N[C@@H](CO)C(=O)O. The maximum absolute atomic E-state index is 12.8. The van der Waals surface area contributed by atoms with Gasteiger partial charge in [-0.2, -0.15) is 0 Å². The number of primary amides is 1. The van der Waals surface area contributed by atoms with E-state index >= 15 is 0 Å². The number of carboxylic acid groups (broad SMARTS) is 1. The van der Waals surface area contributed by atoms with E-state index in [0.717, 1.165) is 0 Å². The van der Waals surface area contributed by atoms with Crippen LogP contribution in [0.2, 0.25) is 0 Å². The van der Waals surface area contributed by atoms with Crippen molar-refractivity contribution in [3.8, 4) is 5.75 Å². The van der Waals surface area contributed by atoms with Crippen molar-refractivity contribution in [2.24, 2.45) is 11.5 Å². The summed E-state index contributed by atoms with van der Waals surface area (Å²) in [5, 5.41) is 45.5. The highest BCUT2D eigenvalue weighted by Gasteiger charge is 2.28. The molecule has 0 aromatic heterocycles. The van der Waals surface area contributed by atoms with E-state index in [-0.39, 0.29) is 25.0 Å². The van der Waals surface area contributed by atoms with E-state index in [1.165, 1.54) is 24.3 Å². The van der Waals surface area contributed by atoms with Crippen molar-refractivity contribution in [3.05, 3.63) is 29.8 Å². The third-order valence-electron chi connectivity index (χ3n) is 5.09. The highest BCUT2D eigenvalue weighted by Crippen LogP contribution is 2.11. The Hall–Kier alpha value is -4.28. The summed E-state index contributed by atoms with van der Waals surface area (Å²) in [6.07, 6.45) is -0.705. The van der Waals surface area contributed by atoms with Gasteiger partial charge >= 0.3 is 5.97 Å². The fraction of sp³-hybridized carbons (Fsp3) is 0.455. The van der Waals surface area contributed by atoms with Gasteiger partial charge in [-0.05, 0) is 24.1 Å². The molecule has 16 nitrogen and oxygen atoms in total. The Morgan fingerprint density at radius 2 is 1.42 bits per heavy atom. The molecule has 0 saturated carbocycles. The first kappa shape index (κ1) is 31.7. The predicted octanol–water partition coefficient (Wildman–Crippen LogP) is -4.83. The van der Waals surface area contributed by atoms with Crippen molar-refractivity contribution < 1.29 is 49.2 Å². The van der Waals surface area contributed by atoms with Crippen molar-refractivity contribution in [1.82, 2.24) is 21.3 Å². The van der Waals surface area contributed by atoms with E-state index in [4.69, 9.17) is 26.8 Å². The minimum absolute atomic E-state index is 0.0265. The zero-order valence-corrected chi connectivity index (χ0v) is 20.3. The maximum Gasteiger partial charge on any atom is 0.328 e. The predicted molar refractivity (Wildman–Crippen MR) is 129 cm³/mol. The molecule has 1 rings (SSSR count). The Balaban J connectivity index is 2.89. The number of benzene rings is 1. The molecule has 12 N–H and O–H groups in total. The van der Waals surface area contributed by atoms with Crippen LogP contribution in [0.4, 0.5) is 0 Å². The first-order chi connectivity index (χ1) is 17.9. The number of phenolic OH excluding ortho intramolecular Hbond substituents is 1. The quantitative estimate of drug-likeness (QED) is 0.0948. The van der Waals surface area contributed by atoms with Crippen LogP contribution in [-0.2, 0) is 35.2 Å². The molecule has 0 aliphatic carbocycles. The summed E-state index contributed by atoms with van der Waals surface area (Å²) < 4.78 is 0. The number of hydrogen-bond acceptors (Lipinski definition) is 10. The number of aliphatic carboxylic acids is 1. The average Bonchev–Trinajstić information content (AvgIpc) is 2.87. The number of amides is 5. The third-order valence-corrected chi connectivity index (χ3v) is 5.09. The molecule has 0 aliphatic rings. The number of aromatic hydroxyl groups is 1. The van der Waals surface area contributed by atoms with Crippen molar-refractivity contribution in [2.75, 3.05) is 19.8 Å². The van der Waals surface area contributed by atoms with Gasteiger partial charge in [-0.1, -0.05) is 12.1 Å². The van der Waals surface area contributed by atoms with Gasteiger partial charge < -0.3 is 53.2 Å². The lowest BCUT2D eigenvalue weighted by atomic mass is 10.0. The van der Waals surface area contributed by atoms with Gasteiger partial charge in [-0.3, -0.25) is 24.0 Å². The number of nitrogens with two attached hydrogens (primary N) is 2. The van der Waals surface area contributed by atoms with Crippen LogP contribution < -0.4 is 32.7 Å². The molecule has 38 heavy (non-hydrogen) atoms. The second kappa shape index (κ2) is 15.7. The molecule has 0 aliphatic heterocycles. The zero-order valence-electron chi connectivity index (χ0n) is 20.3. The summed E-state index contributed by atoms with van der Waals surface area (Å²) in [4.78, 5) is 71.9. The van der Waals surface area contributed by atoms with Crippen LogP contribution in [0.15, 0.2) is 24.3 Å². The van der Waals surface area contributed by atoms with Crippen LogP contribution in [0.3, 0.4) is 0 Å². The lowest BCUT2D eigenvalue weighted by Gasteiger charge is -2.22. The van der Waals surface area contributed by atoms with Crippen LogP contribution in [0.1, 0.15) is 18.4 Å². The molecule has 4 atom stereocenters. The summed E-state index contributed by atoms with van der Waals surface area (Å²) in [5.41, 5.74) is 11.1. The Labute approximate surface area is 216 Å². The highest BCUT2D eigenvalue weighted by molar-refractivity contribution is 5.94. The molecule has 0 saturated heterocycles. The van der Waals surface area contributed by atoms with Gasteiger partial charge in [0.2, 0.25) is 29.5 Å². The summed E-state index contributed by atoms with van der Waals surface area (Å²) in [6, 6.07) is 0.0846. The van der Waals surface area contributed by atoms with Crippen molar-refractivity contribution in [2.45, 2.75) is 43.4 Å². The molecule has 16 heteroatoms. The number of rotatable bonds is 16. The van der Waals surface area contributed by atoms with E-state index < -0.39 is 79.4 Å². The Morgan fingerprint density at radius 1 is 0.816 bits per heavy atom. The number of carboxylic acids is 1. The van der Waals surface area contributed by atoms with Crippen molar-refractivity contribution in [1.29, 1.82) is 0 Å². The minimum Gasteiger partial charge on any atom is -0.508 e. The normalized spacial score (nSPS) is 13.8. The van der Waals surface area contributed by atoms with Crippen LogP contribution in [0.25, 0.3) is 0 Å². The maximum atomic E-state index is 12.8. The van der Waals surface area contributed by atoms with Crippen LogP contribution in [0.5, 0.6) is 5.75 Å². The molecule has 0 fully saturated rings. The number of carbonyl (C=O) groups is 6. The molecule has 0 bridgehead atoms. The Bertz CT molecular complexity index is 1000. The van der Waals surface area contributed by atoms with Crippen LogP contribution in [0, 0.1) is 0 Å². The van der Waals surface area contributed by atoms with Crippen LogP contribution >= 0.6 is 0 Å². The van der Waals surface area contributed by atoms with Gasteiger partial charge in [0.15, 0.2) is 0 Å². The van der Waals surface area contributed by atoms with Crippen LogP contribution in [-0.4, -0.2) is 99.9 Å². The summed E-state index contributed by atoms with van der Waals surface area (Å²) in [7, 11) is 0. The molecule has 1 aromatic rings. The van der Waals surface area contributed by atoms with Gasteiger partial charge in [0.25, 0.3) is 0 Å². The summed E-state index contributed by atoms with van der Waals surface area (Å²) >= 11 is 0. The third kappa shape index (κ3) is 11.2. The highest BCUT2D eigenvalue weighted by atomic mass is 16.4. The minimum atomic E-state index is -1.66. The first-order valence-electron chi connectivity index (χ1n) is 11.3. The standard InChI is InChI=1S/C22H32N6O10/c23-13(9-29)19(34)27-15(7-11-1-3-12(31)4-2-11)20(35)25-8-18(33)26-14(5-6-17(24)32)21(36)28-16(10-30)22(37)38/h1-4,13-16,29-31H,5-10,23H2,(H2,24,32)(H,25,35)(H,26,33)(H,27,34)(H,28,36)(H,37,38)/t13-,14-,15-,16-/m0/s1. The Kier molecular flexibility index (Phi) is 13.2. The lowest BCUT2D eigenvalue weighted by molar-refractivity contribution is -0.143. The second-order valence-electron chi connectivity index (χ2n) is 8.15. The van der Waals surface area contributed by atoms with E-state index in [1.54, 1.807) is 0 Å². The molecular formula is C22H32N6O10. The topological polar surface area (TPSA) is 284 Å². The Morgan fingerprint density at radius 3 is 1.95 bits per heavy atom. The lowest BCUT2D eigenvalue weighted by Crippen LogP contribution is -2.56. The van der Waals surface area contributed by atoms with Gasteiger partial charge in [0.1, 0.15) is 29.9 Å². The summed E-state index contributed by atoms with van der Waals surface area (Å²) in [6.45, 7) is -2.30. The monoisotopic (exact) mass is 540 g/mol. The number of aliphatic hydroxyl groups is 2. The molecule has 5 amide bonds. The fourth-order valence-electron chi connectivity index (χ4n) is 2.99. The van der Waals surface area contributed by atoms with Crippen molar-refractivity contribution in [3.63, 3.8) is 0 Å². The molecule has 0 spiro atoms. The van der Waals surface area contributed by atoms with E-state index in [9.17, 15) is 33.9 Å². The fourth-order valence-corrected chi connectivity index (χ4v) is 2.99. The smallest absolute Gasteiger partial charge is 0.328 e. The van der Waals surface area contributed by atoms with Gasteiger partial charge in [-0.25, -0.2) is 4.79 Å². The van der Waals surface area contributed by atoms with Crippen molar-refractivity contribution >= 4 is 35.5 Å². The number of nitrogens with one attached hydrogen (secondary N) is 4. The molecule has 210 valence electrons. The second-order valence-corrected chi connectivity index (χ2v) is 8.15. The number of hydrogen-bond donors (Lipinski definition) is 10. The van der Waals surface area contributed by atoms with Gasteiger partial charge in [-0.15, -0.1) is 0 Å². The molecule has 0 heterocycles. The summed E-state index contributed by atoms with van der Waals surface area (Å²) in [5.74, 6) is -5.93. The molecular weight excluding hydrogens is 508 g/mol. The van der Waals surface area contributed by atoms with Gasteiger partial charge in [0, 0.05) is 12.8 Å². The molecule has 1 aromatic carbocycles. The first-order valence-corrected chi connectivity index (χ1v) is 11.3. The van der Waals surface area contributed by atoms with E-state index in [2.05, 4.69) is 16.0 Å². The van der Waals surface area contributed by atoms with Gasteiger partial charge in [0.05, 0.1) is 19.8 Å². The number of phenols is 1. The number of carbonyl (C=O) groups excluding carboxylic acids is 5. The molecule has 0 unspecified atom stereocenters. The molecule has 0 radical (unpaired) electrons. The zero-order chi connectivity index (χ0) is 28.8. The largest absolute Gasteiger partial charge is 0.508 e. The number of aliphatic hydroxyl groups excluding tert-OH is 2. The van der Waals surface area contributed by atoms with E-state index in [0.29, 0.717) is 5.56 Å². The average molecular weight is 541 g/mol.